The van der Waals surface area contributed by atoms with E-state index >= 15 is 0 Å². The lowest BCUT2D eigenvalue weighted by Crippen LogP contribution is -2.39. The van der Waals surface area contributed by atoms with Gasteiger partial charge in [-0.05, 0) is 32.0 Å². The number of carbonyl (C=O) groups excluding carboxylic acids is 1. The molecular formula is C13H20BrN3O. The quantitative estimate of drug-likeness (QED) is 0.849. The largest absolute Gasteiger partial charge is 0.397 e. The van der Waals surface area contributed by atoms with Crippen molar-refractivity contribution in [3.8, 4) is 0 Å². The van der Waals surface area contributed by atoms with Gasteiger partial charge in [-0.15, -0.1) is 0 Å². The normalized spacial score (nSPS) is 10.2. The summed E-state index contributed by atoms with van der Waals surface area (Å²) in [6.07, 6.45) is 0. The SMILES string of the molecule is CCN(CC)C(=O)CN(C)c1cc(Br)ccc1N. The van der Waals surface area contributed by atoms with Crippen LogP contribution in [-0.2, 0) is 4.79 Å². The van der Waals surface area contributed by atoms with Crippen LogP contribution in [0.4, 0.5) is 11.4 Å². The topological polar surface area (TPSA) is 49.6 Å². The molecule has 0 saturated carbocycles. The lowest BCUT2D eigenvalue weighted by molar-refractivity contribution is -0.129. The van der Waals surface area contributed by atoms with Gasteiger partial charge in [0.15, 0.2) is 0 Å². The van der Waals surface area contributed by atoms with Gasteiger partial charge in [0, 0.05) is 24.6 Å². The summed E-state index contributed by atoms with van der Waals surface area (Å²) in [6, 6.07) is 5.64. The van der Waals surface area contributed by atoms with Gasteiger partial charge in [0.1, 0.15) is 0 Å². The second-order valence-electron chi connectivity index (χ2n) is 4.13. The Morgan fingerprint density at radius 2 is 1.94 bits per heavy atom. The van der Waals surface area contributed by atoms with Crippen LogP contribution in [0.25, 0.3) is 0 Å². The third-order valence-corrected chi connectivity index (χ3v) is 3.39. The van der Waals surface area contributed by atoms with Crippen molar-refractivity contribution in [2.75, 3.05) is 37.3 Å². The number of nitrogen functional groups attached to an aromatic ring is 1. The summed E-state index contributed by atoms with van der Waals surface area (Å²) in [5.74, 6) is 0.113. The Labute approximate surface area is 117 Å². The van der Waals surface area contributed by atoms with Gasteiger partial charge in [-0.1, -0.05) is 15.9 Å². The van der Waals surface area contributed by atoms with E-state index in [9.17, 15) is 4.79 Å². The van der Waals surface area contributed by atoms with Gasteiger partial charge in [0.2, 0.25) is 5.91 Å². The van der Waals surface area contributed by atoms with Crippen LogP contribution in [0.5, 0.6) is 0 Å². The van der Waals surface area contributed by atoms with Gasteiger partial charge < -0.3 is 15.5 Å². The molecule has 0 unspecified atom stereocenters. The molecule has 1 aromatic carbocycles. The molecule has 0 aliphatic heterocycles. The maximum atomic E-state index is 12.0. The fourth-order valence-corrected chi connectivity index (χ4v) is 2.16. The summed E-state index contributed by atoms with van der Waals surface area (Å²) in [7, 11) is 1.87. The number of amides is 1. The summed E-state index contributed by atoms with van der Waals surface area (Å²) >= 11 is 3.41. The summed E-state index contributed by atoms with van der Waals surface area (Å²) < 4.78 is 0.953. The van der Waals surface area contributed by atoms with Crippen molar-refractivity contribution in [1.82, 2.24) is 4.90 Å². The highest BCUT2D eigenvalue weighted by atomic mass is 79.9. The number of carbonyl (C=O) groups is 1. The Hall–Kier alpha value is -1.23. The van der Waals surface area contributed by atoms with Gasteiger partial charge in [-0.2, -0.15) is 0 Å². The zero-order valence-electron chi connectivity index (χ0n) is 11.1. The lowest BCUT2D eigenvalue weighted by atomic mass is 10.2. The molecule has 0 aliphatic rings. The van der Waals surface area contributed by atoms with Crippen LogP contribution >= 0.6 is 15.9 Å². The molecule has 2 N–H and O–H groups in total. The van der Waals surface area contributed by atoms with E-state index in [1.165, 1.54) is 0 Å². The first-order valence-corrected chi connectivity index (χ1v) is 6.82. The van der Waals surface area contributed by atoms with E-state index in [2.05, 4.69) is 15.9 Å². The molecule has 0 fully saturated rings. The van der Waals surface area contributed by atoms with Crippen LogP contribution < -0.4 is 10.6 Å². The van der Waals surface area contributed by atoms with Gasteiger partial charge in [0.05, 0.1) is 17.9 Å². The highest BCUT2D eigenvalue weighted by Crippen LogP contribution is 2.26. The van der Waals surface area contributed by atoms with Crippen LogP contribution in [0.15, 0.2) is 22.7 Å². The molecule has 100 valence electrons. The number of nitrogens with zero attached hydrogens (tertiary/aromatic N) is 2. The molecule has 0 aromatic heterocycles. The van der Waals surface area contributed by atoms with E-state index in [0.29, 0.717) is 12.2 Å². The number of nitrogens with two attached hydrogens (primary N) is 1. The van der Waals surface area contributed by atoms with Crippen molar-refractivity contribution >= 4 is 33.2 Å². The molecule has 0 radical (unpaired) electrons. The van der Waals surface area contributed by atoms with Gasteiger partial charge in [0.25, 0.3) is 0 Å². The van der Waals surface area contributed by atoms with Crippen LogP contribution in [0.2, 0.25) is 0 Å². The fraction of sp³-hybridized carbons (Fsp3) is 0.462. The molecule has 4 nitrogen and oxygen atoms in total. The van der Waals surface area contributed by atoms with Crippen molar-refractivity contribution < 1.29 is 4.79 Å². The summed E-state index contributed by atoms with van der Waals surface area (Å²) in [4.78, 5) is 15.7. The van der Waals surface area contributed by atoms with E-state index < -0.39 is 0 Å². The molecule has 0 saturated heterocycles. The Bertz CT molecular complexity index is 419. The van der Waals surface area contributed by atoms with Crippen molar-refractivity contribution in [2.24, 2.45) is 0 Å². The molecule has 0 aliphatic carbocycles. The van der Waals surface area contributed by atoms with Crippen LogP contribution in [-0.4, -0.2) is 37.5 Å². The third kappa shape index (κ3) is 3.63. The molecule has 1 aromatic rings. The van der Waals surface area contributed by atoms with E-state index in [1.54, 1.807) is 0 Å². The number of likely N-dealkylation sites (N-methyl/N-ethyl adjacent to an activating group) is 2. The van der Waals surface area contributed by atoms with E-state index in [0.717, 1.165) is 23.2 Å². The number of halogens is 1. The van der Waals surface area contributed by atoms with E-state index in [4.69, 9.17) is 5.73 Å². The minimum absolute atomic E-state index is 0.113. The maximum absolute atomic E-state index is 12.0. The molecule has 1 amide bonds. The van der Waals surface area contributed by atoms with Gasteiger partial charge in [-0.3, -0.25) is 4.79 Å². The highest BCUT2D eigenvalue weighted by molar-refractivity contribution is 9.10. The van der Waals surface area contributed by atoms with Gasteiger partial charge >= 0.3 is 0 Å². The van der Waals surface area contributed by atoms with Crippen molar-refractivity contribution in [1.29, 1.82) is 0 Å². The smallest absolute Gasteiger partial charge is 0.242 e. The molecule has 0 heterocycles. The monoisotopic (exact) mass is 313 g/mol. The summed E-state index contributed by atoms with van der Waals surface area (Å²) in [5.41, 5.74) is 7.46. The fourth-order valence-electron chi connectivity index (χ4n) is 1.81. The Morgan fingerprint density at radius 3 is 2.50 bits per heavy atom. The van der Waals surface area contributed by atoms with Crippen molar-refractivity contribution in [3.05, 3.63) is 22.7 Å². The Morgan fingerprint density at radius 1 is 1.33 bits per heavy atom. The number of anilines is 2. The van der Waals surface area contributed by atoms with Crippen LogP contribution in [0.1, 0.15) is 13.8 Å². The number of hydrogen-bond donors (Lipinski definition) is 1. The number of benzene rings is 1. The minimum atomic E-state index is 0.113. The van der Waals surface area contributed by atoms with Crippen LogP contribution in [0, 0.1) is 0 Å². The Kier molecular flexibility index (Phi) is 5.47. The predicted molar refractivity (Wildman–Crippen MR) is 79.8 cm³/mol. The average molecular weight is 314 g/mol. The second kappa shape index (κ2) is 6.64. The molecule has 0 spiro atoms. The van der Waals surface area contributed by atoms with Crippen molar-refractivity contribution in [2.45, 2.75) is 13.8 Å². The van der Waals surface area contributed by atoms with Crippen molar-refractivity contribution in [3.63, 3.8) is 0 Å². The molecule has 18 heavy (non-hydrogen) atoms. The molecule has 5 heteroatoms. The Balaban J connectivity index is 2.79. The average Bonchev–Trinajstić information content (AvgIpc) is 2.33. The molecular weight excluding hydrogens is 294 g/mol. The van der Waals surface area contributed by atoms with E-state index in [1.807, 2.05) is 48.9 Å². The minimum Gasteiger partial charge on any atom is -0.397 e. The maximum Gasteiger partial charge on any atom is 0.242 e. The predicted octanol–water partition coefficient (Wildman–Crippen LogP) is 2.34. The van der Waals surface area contributed by atoms with Crippen LogP contribution in [0.3, 0.4) is 0 Å². The second-order valence-corrected chi connectivity index (χ2v) is 5.04. The summed E-state index contributed by atoms with van der Waals surface area (Å²) in [5, 5.41) is 0. The first-order valence-electron chi connectivity index (χ1n) is 6.03. The standard InChI is InChI=1S/C13H20BrN3O/c1-4-17(5-2)13(18)9-16(3)12-8-10(14)6-7-11(12)15/h6-8H,4-5,9,15H2,1-3H3. The number of rotatable bonds is 5. The number of hydrogen-bond acceptors (Lipinski definition) is 3. The molecule has 0 bridgehead atoms. The molecule has 1 rings (SSSR count). The molecule has 0 atom stereocenters. The third-order valence-electron chi connectivity index (χ3n) is 2.89. The first-order chi connectivity index (χ1) is 8.49. The zero-order chi connectivity index (χ0) is 13.7. The summed E-state index contributed by atoms with van der Waals surface area (Å²) in [6.45, 7) is 5.76. The van der Waals surface area contributed by atoms with E-state index in [-0.39, 0.29) is 5.91 Å². The van der Waals surface area contributed by atoms with Gasteiger partial charge in [-0.25, -0.2) is 0 Å². The first kappa shape index (κ1) is 14.8. The zero-order valence-corrected chi connectivity index (χ0v) is 12.7. The highest BCUT2D eigenvalue weighted by Gasteiger charge is 2.14. The lowest BCUT2D eigenvalue weighted by Gasteiger charge is -2.25.